The van der Waals surface area contributed by atoms with Gasteiger partial charge in [-0.25, -0.2) is 4.99 Å². The number of allylic oxidation sites excluding steroid dienone is 4. The highest BCUT2D eigenvalue weighted by atomic mass is 16.1. The molecule has 3 aliphatic carbocycles. The van der Waals surface area contributed by atoms with Crippen molar-refractivity contribution in [1.82, 2.24) is 0 Å². The van der Waals surface area contributed by atoms with Gasteiger partial charge < -0.3 is 0 Å². The fourth-order valence-electron chi connectivity index (χ4n) is 6.73. The molecule has 2 heteroatoms. The number of nitrogens with zero attached hydrogens (tertiary/aromatic N) is 1. The number of hydrogen-bond donors (Lipinski definition) is 0. The second-order valence-electron chi connectivity index (χ2n) is 11.3. The third-order valence-corrected chi connectivity index (χ3v) is 8.74. The maximum absolute atomic E-state index is 12.6. The van der Waals surface area contributed by atoms with Gasteiger partial charge in [0.15, 0.2) is 0 Å². The summed E-state index contributed by atoms with van der Waals surface area (Å²) in [6.45, 7) is 10.3. The summed E-state index contributed by atoms with van der Waals surface area (Å²) < 4.78 is 0. The number of benzene rings is 1. The van der Waals surface area contributed by atoms with Gasteiger partial charge in [-0.1, -0.05) is 73.6 Å². The predicted octanol–water partition coefficient (Wildman–Crippen LogP) is 8.30. The molecule has 1 saturated carbocycles. The average Bonchev–Trinajstić information content (AvgIpc) is 3.22. The Bertz CT molecular complexity index is 924. The fraction of sp³-hybridized carbons (Fsp3) is 0.562. The third kappa shape index (κ3) is 6.46. The maximum Gasteiger partial charge on any atom is 0.272 e. The van der Waals surface area contributed by atoms with E-state index in [0.29, 0.717) is 17.8 Å². The molecule has 0 saturated heterocycles. The molecule has 0 N–H and O–H groups in total. The molecule has 5 atom stereocenters. The summed E-state index contributed by atoms with van der Waals surface area (Å²) in [5, 5.41) is 0. The van der Waals surface area contributed by atoms with Crippen LogP contribution in [0, 0.1) is 29.6 Å². The van der Waals surface area contributed by atoms with Crippen LogP contribution in [0.3, 0.4) is 0 Å². The van der Waals surface area contributed by atoms with E-state index in [4.69, 9.17) is 0 Å². The molecule has 1 aromatic rings. The van der Waals surface area contributed by atoms with E-state index in [-0.39, 0.29) is 5.91 Å². The van der Waals surface area contributed by atoms with Crippen molar-refractivity contribution in [1.29, 1.82) is 0 Å². The lowest BCUT2D eigenvalue weighted by atomic mass is 9.70. The molecule has 1 amide bonds. The Morgan fingerprint density at radius 3 is 2.68 bits per heavy atom. The lowest BCUT2D eigenvalue weighted by Gasteiger charge is -2.35. The summed E-state index contributed by atoms with van der Waals surface area (Å²) in [5.41, 5.74) is 5.35. The fourth-order valence-corrected chi connectivity index (χ4v) is 6.73. The SMILES string of the molecule is C=NC(=O)C1=CC2CC(CCc3ccccc3)CCC2C1CCCC(=C)CC1=CC[C@H](C)CC1. The number of hydrogen-bond acceptors (Lipinski definition) is 1. The monoisotopic (exact) mass is 457 g/mol. The molecule has 3 aliphatic rings. The Balaban J connectivity index is 1.29. The van der Waals surface area contributed by atoms with Crippen LogP contribution in [0.15, 0.2) is 70.8 Å². The van der Waals surface area contributed by atoms with Gasteiger partial charge in [0.2, 0.25) is 0 Å². The second-order valence-corrected chi connectivity index (χ2v) is 11.3. The van der Waals surface area contributed by atoms with Crippen molar-refractivity contribution >= 4 is 12.6 Å². The van der Waals surface area contributed by atoms with Gasteiger partial charge in [-0.2, -0.15) is 0 Å². The van der Waals surface area contributed by atoms with Crippen LogP contribution in [0.25, 0.3) is 0 Å². The third-order valence-electron chi connectivity index (χ3n) is 8.74. The molecule has 0 spiro atoms. The first-order valence-corrected chi connectivity index (χ1v) is 13.6. The van der Waals surface area contributed by atoms with Gasteiger partial charge in [-0.3, -0.25) is 4.79 Å². The molecule has 4 unspecified atom stereocenters. The van der Waals surface area contributed by atoms with E-state index in [0.717, 1.165) is 49.5 Å². The lowest BCUT2D eigenvalue weighted by Crippen LogP contribution is -2.26. The number of aryl methyl sites for hydroxylation is 1. The molecule has 1 aromatic carbocycles. The van der Waals surface area contributed by atoms with Crippen molar-refractivity contribution in [2.24, 2.45) is 34.6 Å². The van der Waals surface area contributed by atoms with Crippen LogP contribution in [0.5, 0.6) is 0 Å². The molecule has 2 nitrogen and oxygen atoms in total. The van der Waals surface area contributed by atoms with E-state index < -0.39 is 0 Å². The molecule has 1 fully saturated rings. The van der Waals surface area contributed by atoms with Crippen molar-refractivity contribution in [2.45, 2.75) is 84.0 Å². The van der Waals surface area contributed by atoms with E-state index in [2.05, 4.69) is 67.7 Å². The first kappa shape index (κ1) is 24.9. The molecular formula is C32H43NO. The topological polar surface area (TPSA) is 29.4 Å². The van der Waals surface area contributed by atoms with Crippen LogP contribution in [-0.2, 0) is 11.2 Å². The van der Waals surface area contributed by atoms with Crippen molar-refractivity contribution in [3.63, 3.8) is 0 Å². The first-order chi connectivity index (χ1) is 16.5. The van der Waals surface area contributed by atoms with E-state index >= 15 is 0 Å². The molecule has 0 aromatic heterocycles. The summed E-state index contributed by atoms with van der Waals surface area (Å²) >= 11 is 0. The van der Waals surface area contributed by atoms with Crippen LogP contribution >= 0.6 is 0 Å². The van der Waals surface area contributed by atoms with E-state index in [1.54, 1.807) is 5.57 Å². The van der Waals surface area contributed by atoms with Crippen LogP contribution in [-0.4, -0.2) is 12.6 Å². The number of fused-ring (bicyclic) bond motifs is 1. The van der Waals surface area contributed by atoms with Crippen LogP contribution in [0.2, 0.25) is 0 Å². The lowest BCUT2D eigenvalue weighted by molar-refractivity contribution is -0.114. The Hall–Kier alpha value is -2.22. The zero-order valence-electron chi connectivity index (χ0n) is 21.2. The summed E-state index contributed by atoms with van der Waals surface area (Å²) in [4.78, 5) is 16.4. The minimum absolute atomic E-state index is 0.0828. The molecule has 0 radical (unpaired) electrons. The molecule has 0 bridgehead atoms. The predicted molar refractivity (Wildman–Crippen MR) is 144 cm³/mol. The zero-order chi connectivity index (χ0) is 23.9. The molecule has 182 valence electrons. The van der Waals surface area contributed by atoms with E-state index in [1.165, 1.54) is 56.1 Å². The summed E-state index contributed by atoms with van der Waals surface area (Å²) in [6.07, 6.45) is 19.1. The summed E-state index contributed by atoms with van der Waals surface area (Å²) in [7, 11) is 0. The second kappa shape index (κ2) is 12.0. The van der Waals surface area contributed by atoms with Crippen molar-refractivity contribution < 1.29 is 4.79 Å². The Labute approximate surface area is 207 Å². The highest BCUT2D eigenvalue weighted by Crippen LogP contribution is 2.49. The number of rotatable bonds is 10. The van der Waals surface area contributed by atoms with Crippen molar-refractivity contribution in [3.8, 4) is 0 Å². The van der Waals surface area contributed by atoms with Gasteiger partial charge in [-0.15, -0.1) is 0 Å². The number of carbonyl (C=O) groups excluding carboxylic acids is 1. The number of carbonyl (C=O) groups is 1. The highest BCUT2D eigenvalue weighted by molar-refractivity contribution is 5.97. The minimum atomic E-state index is -0.0828. The highest BCUT2D eigenvalue weighted by Gasteiger charge is 2.42. The van der Waals surface area contributed by atoms with Crippen LogP contribution in [0.4, 0.5) is 0 Å². The van der Waals surface area contributed by atoms with Crippen LogP contribution < -0.4 is 0 Å². The van der Waals surface area contributed by atoms with Crippen molar-refractivity contribution in [2.75, 3.05) is 0 Å². The molecular weight excluding hydrogens is 414 g/mol. The summed E-state index contributed by atoms with van der Waals surface area (Å²) in [5.74, 6) is 3.03. The molecule has 0 aliphatic heterocycles. The zero-order valence-corrected chi connectivity index (χ0v) is 21.2. The van der Waals surface area contributed by atoms with E-state index in [1.807, 2.05) is 0 Å². The van der Waals surface area contributed by atoms with Gasteiger partial charge in [0.25, 0.3) is 5.91 Å². The Morgan fingerprint density at radius 1 is 1.12 bits per heavy atom. The Morgan fingerprint density at radius 2 is 1.94 bits per heavy atom. The summed E-state index contributed by atoms with van der Waals surface area (Å²) in [6, 6.07) is 10.8. The van der Waals surface area contributed by atoms with Gasteiger partial charge in [0.1, 0.15) is 0 Å². The maximum atomic E-state index is 12.6. The van der Waals surface area contributed by atoms with E-state index in [9.17, 15) is 4.79 Å². The van der Waals surface area contributed by atoms with Crippen molar-refractivity contribution in [3.05, 3.63) is 71.3 Å². The average molecular weight is 458 g/mol. The molecule has 0 heterocycles. The largest absolute Gasteiger partial charge is 0.272 e. The minimum Gasteiger partial charge on any atom is -0.267 e. The quantitative estimate of drug-likeness (QED) is 0.257. The van der Waals surface area contributed by atoms with Crippen LogP contribution in [0.1, 0.15) is 83.1 Å². The van der Waals surface area contributed by atoms with Gasteiger partial charge in [0, 0.05) is 5.57 Å². The van der Waals surface area contributed by atoms with Gasteiger partial charge >= 0.3 is 0 Å². The molecule has 34 heavy (non-hydrogen) atoms. The van der Waals surface area contributed by atoms with Gasteiger partial charge in [0.05, 0.1) is 0 Å². The first-order valence-electron chi connectivity index (χ1n) is 13.6. The normalized spacial score (nSPS) is 28.6. The number of amides is 1. The molecule has 4 rings (SSSR count). The smallest absolute Gasteiger partial charge is 0.267 e. The van der Waals surface area contributed by atoms with Gasteiger partial charge in [-0.05, 0) is 112 Å². The standard InChI is InChI=1S/C32H43NO/c1-23-12-14-26(15-13-23)20-24(2)8-7-11-30-29-19-18-27(17-16-25-9-5-4-6-10-25)21-28(29)22-31(30)32(34)33-3/h4-6,9-10,14,22-23,27-30H,2-3,7-8,11-13,15-21H2,1H3/t23-,27?,28?,29?,30?/m0/s1. The Kier molecular flexibility index (Phi) is 8.75. The number of aliphatic imine (C=N–C) groups is 1.